The molecule has 0 saturated carbocycles. The Morgan fingerprint density at radius 2 is 2.17 bits per heavy atom. The smallest absolute Gasteiger partial charge is 0.251 e. The van der Waals surface area contributed by atoms with Gasteiger partial charge in [-0.15, -0.1) is 0 Å². The number of amides is 1. The highest BCUT2D eigenvalue weighted by Gasteiger charge is 2.10. The van der Waals surface area contributed by atoms with Gasteiger partial charge in [0.2, 0.25) is 0 Å². The van der Waals surface area contributed by atoms with Gasteiger partial charge in [0, 0.05) is 19.2 Å². The molecule has 0 aliphatic carbocycles. The molecule has 0 fully saturated rings. The number of halogens is 2. The summed E-state index contributed by atoms with van der Waals surface area (Å²) in [6.07, 6.45) is -0.344. The summed E-state index contributed by atoms with van der Waals surface area (Å²) in [7, 11) is 1.46. The van der Waals surface area contributed by atoms with Crippen LogP contribution in [0.2, 0.25) is 0 Å². The minimum Gasteiger partial charge on any atom is -0.391 e. The zero-order valence-electron chi connectivity index (χ0n) is 9.95. The number of rotatable bonds is 6. The monoisotopic (exact) mass is 259 g/mol. The van der Waals surface area contributed by atoms with Crippen LogP contribution in [0.15, 0.2) is 18.2 Å². The van der Waals surface area contributed by atoms with E-state index in [1.807, 2.05) is 0 Å². The minimum absolute atomic E-state index is 0.0372. The molecule has 0 bridgehead atoms. The van der Waals surface area contributed by atoms with Crippen LogP contribution in [0.4, 0.5) is 8.78 Å². The third kappa shape index (κ3) is 4.38. The third-order valence-electron chi connectivity index (χ3n) is 2.30. The topological polar surface area (TPSA) is 58.6 Å². The van der Waals surface area contributed by atoms with Gasteiger partial charge in [-0.2, -0.15) is 0 Å². The fourth-order valence-corrected chi connectivity index (χ4v) is 1.37. The molecule has 4 nitrogen and oxygen atoms in total. The second-order valence-electron chi connectivity index (χ2n) is 3.78. The summed E-state index contributed by atoms with van der Waals surface area (Å²) >= 11 is 0. The maximum atomic E-state index is 12.9. The normalized spacial score (nSPS) is 12.2. The summed E-state index contributed by atoms with van der Waals surface area (Å²) in [6.45, 7) is 0.406. The van der Waals surface area contributed by atoms with E-state index in [4.69, 9.17) is 4.74 Å². The van der Waals surface area contributed by atoms with Crippen LogP contribution < -0.4 is 5.32 Å². The first-order valence-electron chi connectivity index (χ1n) is 5.45. The Morgan fingerprint density at radius 3 is 2.78 bits per heavy atom. The zero-order chi connectivity index (χ0) is 13.5. The summed E-state index contributed by atoms with van der Waals surface area (Å²) in [5.74, 6) is -2.58. The van der Waals surface area contributed by atoms with E-state index in [0.29, 0.717) is 6.42 Å². The fraction of sp³-hybridized carbons (Fsp3) is 0.417. The molecule has 1 unspecified atom stereocenters. The van der Waals surface area contributed by atoms with Gasteiger partial charge in [-0.25, -0.2) is 8.78 Å². The highest BCUT2D eigenvalue weighted by molar-refractivity contribution is 5.94. The molecule has 0 aliphatic rings. The molecule has 0 heterocycles. The SMILES string of the molecule is COCC(O)CCNC(=O)c1ccc(F)c(F)c1. The number of hydrogen-bond donors (Lipinski definition) is 2. The van der Waals surface area contributed by atoms with E-state index in [2.05, 4.69) is 5.32 Å². The van der Waals surface area contributed by atoms with Gasteiger partial charge in [0.15, 0.2) is 11.6 Å². The van der Waals surface area contributed by atoms with Crippen LogP contribution >= 0.6 is 0 Å². The van der Waals surface area contributed by atoms with E-state index < -0.39 is 23.6 Å². The summed E-state index contributed by atoms with van der Waals surface area (Å²) in [6, 6.07) is 2.92. The number of ether oxygens (including phenoxy) is 1. The Bertz CT molecular complexity index is 412. The first-order valence-corrected chi connectivity index (χ1v) is 5.45. The Hall–Kier alpha value is -1.53. The summed E-state index contributed by atoms with van der Waals surface area (Å²) < 4.78 is 30.3. The maximum absolute atomic E-state index is 12.9. The lowest BCUT2D eigenvalue weighted by Gasteiger charge is -2.10. The molecule has 6 heteroatoms. The Labute approximate surface area is 104 Å². The lowest BCUT2D eigenvalue weighted by Crippen LogP contribution is -2.28. The molecule has 0 spiro atoms. The number of methoxy groups -OCH3 is 1. The van der Waals surface area contributed by atoms with Crippen molar-refractivity contribution in [3.63, 3.8) is 0 Å². The number of carbonyl (C=O) groups is 1. The molecule has 2 N–H and O–H groups in total. The number of nitrogens with one attached hydrogen (secondary N) is 1. The number of aliphatic hydroxyl groups is 1. The van der Waals surface area contributed by atoms with Crippen LogP contribution in [0.3, 0.4) is 0 Å². The van der Waals surface area contributed by atoms with Crippen LogP contribution in [0.25, 0.3) is 0 Å². The van der Waals surface area contributed by atoms with Crippen LogP contribution in [-0.4, -0.2) is 37.4 Å². The molecule has 1 atom stereocenters. The average molecular weight is 259 g/mol. The Morgan fingerprint density at radius 1 is 1.44 bits per heavy atom. The third-order valence-corrected chi connectivity index (χ3v) is 2.30. The van der Waals surface area contributed by atoms with Gasteiger partial charge in [0.1, 0.15) is 0 Å². The Balaban J connectivity index is 2.43. The van der Waals surface area contributed by atoms with Gasteiger partial charge in [-0.1, -0.05) is 0 Å². The quantitative estimate of drug-likeness (QED) is 0.804. The molecular weight excluding hydrogens is 244 g/mol. The summed E-state index contributed by atoms with van der Waals surface area (Å²) in [5.41, 5.74) is 0.0372. The maximum Gasteiger partial charge on any atom is 0.251 e. The van der Waals surface area contributed by atoms with Crippen molar-refractivity contribution in [1.82, 2.24) is 5.32 Å². The zero-order valence-corrected chi connectivity index (χ0v) is 9.95. The molecule has 0 aromatic heterocycles. The van der Waals surface area contributed by atoms with Gasteiger partial charge in [0.05, 0.1) is 12.7 Å². The fourth-order valence-electron chi connectivity index (χ4n) is 1.37. The highest BCUT2D eigenvalue weighted by atomic mass is 19.2. The van der Waals surface area contributed by atoms with Crippen molar-refractivity contribution in [2.45, 2.75) is 12.5 Å². The first-order chi connectivity index (χ1) is 8.54. The number of benzene rings is 1. The molecule has 0 aliphatic heterocycles. The van der Waals surface area contributed by atoms with Crippen molar-refractivity contribution in [2.75, 3.05) is 20.3 Å². The van der Waals surface area contributed by atoms with E-state index >= 15 is 0 Å². The Kier molecular flexibility index (Phi) is 5.67. The average Bonchev–Trinajstić information content (AvgIpc) is 2.33. The van der Waals surface area contributed by atoms with Crippen molar-refractivity contribution in [2.24, 2.45) is 0 Å². The second kappa shape index (κ2) is 7.03. The van der Waals surface area contributed by atoms with Crippen molar-refractivity contribution >= 4 is 5.91 Å². The van der Waals surface area contributed by atoms with Crippen molar-refractivity contribution < 1.29 is 23.4 Å². The molecule has 1 aromatic carbocycles. The number of aliphatic hydroxyl groups excluding tert-OH is 1. The predicted molar refractivity (Wildman–Crippen MR) is 61.2 cm³/mol. The summed E-state index contributed by atoms with van der Waals surface area (Å²) in [4.78, 5) is 11.5. The molecule has 1 amide bonds. The van der Waals surface area contributed by atoms with Gasteiger partial charge in [0.25, 0.3) is 5.91 Å². The second-order valence-corrected chi connectivity index (χ2v) is 3.78. The standard InChI is InChI=1S/C12H15F2NO3/c1-18-7-9(16)4-5-15-12(17)8-2-3-10(13)11(14)6-8/h2-3,6,9,16H,4-5,7H2,1H3,(H,15,17). The summed E-state index contributed by atoms with van der Waals surface area (Å²) in [5, 5.41) is 11.8. The number of carbonyl (C=O) groups excluding carboxylic acids is 1. The van der Waals surface area contributed by atoms with E-state index in [1.54, 1.807) is 0 Å². The van der Waals surface area contributed by atoms with Crippen LogP contribution in [0, 0.1) is 11.6 Å². The minimum atomic E-state index is -1.07. The van der Waals surface area contributed by atoms with Crippen molar-refractivity contribution in [3.8, 4) is 0 Å². The molecular formula is C12H15F2NO3. The van der Waals surface area contributed by atoms with E-state index in [1.165, 1.54) is 13.2 Å². The highest BCUT2D eigenvalue weighted by Crippen LogP contribution is 2.08. The van der Waals surface area contributed by atoms with E-state index in [9.17, 15) is 18.7 Å². The molecule has 100 valence electrons. The largest absolute Gasteiger partial charge is 0.391 e. The first kappa shape index (κ1) is 14.5. The molecule has 1 aromatic rings. The van der Waals surface area contributed by atoms with Gasteiger partial charge in [-0.05, 0) is 24.6 Å². The van der Waals surface area contributed by atoms with Crippen LogP contribution in [0.5, 0.6) is 0 Å². The predicted octanol–water partition coefficient (Wildman–Crippen LogP) is 1.09. The molecule has 0 radical (unpaired) electrons. The lowest BCUT2D eigenvalue weighted by molar-refractivity contribution is 0.0587. The van der Waals surface area contributed by atoms with Gasteiger partial charge >= 0.3 is 0 Å². The van der Waals surface area contributed by atoms with Crippen LogP contribution in [-0.2, 0) is 4.74 Å². The van der Waals surface area contributed by atoms with Crippen LogP contribution in [0.1, 0.15) is 16.8 Å². The van der Waals surface area contributed by atoms with Crippen molar-refractivity contribution in [3.05, 3.63) is 35.4 Å². The molecule has 1 rings (SSSR count). The molecule has 0 saturated heterocycles. The van der Waals surface area contributed by atoms with Crippen molar-refractivity contribution in [1.29, 1.82) is 0 Å². The molecule has 18 heavy (non-hydrogen) atoms. The van der Waals surface area contributed by atoms with E-state index in [0.717, 1.165) is 12.1 Å². The van der Waals surface area contributed by atoms with Gasteiger partial charge < -0.3 is 15.2 Å². The lowest BCUT2D eigenvalue weighted by atomic mass is 10.2. The van der Waals surface area contributed by atoms with E-state index in [-0.39, 0.29) is 18.7 Å². The van der Waals surface area contributed by atoms with Gasteiger partial charge in [-0.3, -0.25) is 4.79 Å². The number of hydrogen-bond acceptors (Lipinski definition) is 3.